The van der Waals surface area contributed by atoms with E-state index >= 15 is 0 Å². The molecule has 0 N–H and O–H groups in total. The average Bonchev–Trinajstić information content (AvgIpc) is 2.68. The first-order valence-electron chi connectivity index (χ1n) is 7.14. The van der Waals surface area contributed by atoms with E-state index in [1.165, 1.54) is 11.1 Å². The van der Waals surface area contributed by atoms with Crippen LogP contribution in [0.1, 0.15) is 34.6 Å². The molecule has 0 spiro atoms. The molecule has 1 aromatic heterocycles. The summed E-state index contributed by atoms with van der Waals surface area (Å²) >= 11 is 0. The Morgan fingerprint density at radius 3 is 2.00 bits per heavy atom. The molecule has 0 saturated carbocycles. The van der Waals surface area contributed by atoms with Crippen LogP contribution in [0.5, 0.6) is 0 Å². The minimum Gasteiger partial charge on any atom is -0.814 e. The Bertz CT molecular complexity index is 556. The zero-order valence-corrected chi connectivity index (χ0v) is 17.5. The fraction of sp³-hybridized carbons (Fsp3) is 0.471. The van der Waals surface area contributed by atoms with E-state index in [4.69, 9.17) is 10.4 Å². The van der Waals surface area contributed by atoms with Crippen molar-refractivity contribution in [2.75, 3.05) is 0 Å². The summed E-state index contributed by atoms with van der Waals surface area (Å²) in [6.07, 6.45) is 1.00. The number of imidazole rings is 1. The second kappa shape index (κ2) is 11.0. The van der Waals surface area contributed by atoms with Crippen molar-refractivity contribution < 1.29 is 19.5 Å². The van der Waals surface area contributed by atoms with Crippen LogP contribution in [-0.2, 0) is 26.5 Å². The van der Waals surface area contributed by atoms with E-state index in [1.54, 1.807) is 6.92 Å². The van der Waals surface area contributed by atoms with Crippen LogP contribution in [0.4, 0.5) is 0 Å². The smallest absolute Gasteiger partial charge is 0.814 e. The molecule has 0 aliphatic rings. The second-order valence-electron chi connectivity index (χ2n) is 5.51. The standard InChI is InChI=1S/C14H21N2P.C2H4N.CH3.Ru/c1-10(2)17(11(3)4)14-15-12-8-6-7-9-13(12)16(14)5;1-2-3;;/h6-11H,1-5H3;2H,1H3;1H3;/q;2*-1;+2/p+1. The van der Waals surface area contributed by atoms with Crippen LogP contribution >= 0.6 is 7.92 Å². The number of benzene rings is 1. The normalized spacial score (nSPS) is 10.0. The minimum atomic E-state index is -0.595. The number of nitrogens with zero attached hydrogens (tertiary/aromatic N) is 3. The van der Waals surface area contributed by atoms with E-state index in [2.05, 4.69) is 63.6 Å². The number of aromatic nitrogens is 2. The summed E-state index contributed by atoms with van der Waals surface area (Å²) in [7, 11) is 1.56. The molecule has 3 nitrogen and oxygen atoms in total. The van der Waals surface area contributed by atoms with Crippen molar-refractivity contribution in [3.05, 3.63) is 37.1 Å². The molecule has 5 heteroatoms. The zero-order chi connectivity index (χ0) is 15.3. The molecule has 0 fully saturated rings. The maximum atomic E-state index is 7.44. The largest absolute Gasteiger partial charge is 2.00 e. The number of aryl methyl sites for hydroxylation is 1. The molecule has 0 aliphatic heterocycles. The van der Waals surface area contributed by atoms with Gasteiger partial charge in [0.2, 0.25) is 0 Å². The summed E-state index contributed by atoms with van der Waals surface area (Å²) in [4.78, 5) is 4.86. The maximum absolute atomic E-state index is 7.44. The summed E-state index contributed by atoms with van der Waals surface area (Å²) in [6, 6.07) is 8.42. The molecule has 1 aromatic carbocycles. The van der Waals surface area contributed by atoms with E-state index in [0.29, 0.717) is 0 Å². The third-order valence-corrected chi connectivity index (χ3v) is 6.74. The fourth-order valence-electron chi connectivity index (χ4n) is 2.59. The van der Waals surface area contributed by atoms with Crippen molar-refractivity contribution in [2.24, 2.45) is 7.05 Å². The maximum Gasteiger partial charge on any atom is 2.00 e. The molecule has 0 aliphatic carbocycles. The van der Waals surface area contributed by atoms with Crippen LogP contribution in [0.3, 0.4) is 0 Å². The van der Waals surface area contributed by atoms with Gasteiger partial charge in [0.05, 0.1) is 30.3 Å². The third-order valence-electron chi connectivity index (χ3n) is 3.29. The molecular weight excluding hydrogens is 378 g/mol. The van der Waals surface area contributed by atoms with Crippen LogP contribution in [0.25, 0.3) is 16.4 Å². The Kier molecular flexibility index (Phi) is 11.9. The number of hydrogen-bond acceptors (Lipinski definition) is 1. The molecule has 0 bridgehead atoms. The quantitative estimate of drug-likeness (QED) is 0.323. The predicted molar refractivity (Wildman–Crippen MR) is 100 cm³/mol. The van der Waals surface area contributed by atoms with Crippen LogP contribution < -0.4 is 5.57 Å². The Labute approximate surface area is 149 Å². The van der Waals surface area contributed by atoms with Gasteiger partial charge in [-0.1, -0.05) is 19.1 Å². The molecule has 0 radical (unpaired) electrons. The van der Waals surface area contributed by atoms with Gasteiger partial charge in [0.25, 0.3) is 5.57 Å². The first-order chi connectivity index (χ1) is 9.43. The summed E-state index contributed by atoms with van der Waals surface area (Å²) in [6.45, 7) is 10.9. The average molecular weight is 407 g/mol. The molecule has 2 aromatic rings. The third kappa shape index (κ3) is 5.56. The van der Waals surface area contributed by atoms with Crippen molar-refractivity contribution in [3.63, 3.8) is 0 Å². The topological polar surface area (TPSA) is 40.1 Å². The van der Waals surface area contributed by atoms with Gasteiger partial charge in [-0.25, -0.2) is 6.21 Å². The van der Waals surface area contributed by atoms with Crippen LogP contribution in [-0.4, -0.2) is 27.1 Å². The predicted octanol–water partition coefficient (Wildman–Crippen LogP) is 4.32. The monoisotopic (exact) mass is 408 g/mol. The Morgan fingerprint density at radius 1 is 1.14 bits per heavy atom. The zero-order valence-electron chi connectivity index (χ0n) is 14.7. The Hall–Kier alpha value is -0.587. The van der Waals surface area contributed by atoms with Crippen molar-refractivity contribution >= 4 is 30.7 Å². The van der Waals surface area contributed by atoms with Gasteiger partial charge in [-0.15, -0.1) is 0 Å². The van der Waals surface area contributed by atoms with Gasteiger partial charge in [-0.05, 0) is 39.8 Å². The van der Waals surface area contributed by atoms with Gasteiger partial charge in [0.1, 0.15) is 0 Å². The number of rotatable bonds is 3. The van der Waals surface area contributed by atoms with E-state index in [9.17, 15) is 0 Å². The molecule has 22 heavy (non-hydrogen) atoms. The second-order valence-corrected chi connectivity index (χ2v) is 9.17. The van der Waals surface area contributed by atoms with E-state index in [-0.39, 0.29) is 26.9 Å². The van der Waals surface area contributed by atoms with Crippen LogP contribution in [0, 0.1) is 7.43 Å². The van der Waals surface area contributed by atoms with E-state index in [1.807, 2.05) is 0 Å². The van der Waals surface area contributed by atoms with Crippen molar-refractivity contribution in [1.82, 2.24) is 9.55 Å². The molecule has 124 valence electrons. The van der Waals surface area contributed by atoms with Gasteiger partial charge in [0.15, 0.2) is 0 Å². The summed E-state index contributed by atoms with van der Waals surface area (Å²) in [5.41, 5.74) is 5.15. The number of para-hydroxylation sites is 2. The number of hydrogen-bond donors (Lipinski definition) is 0. The van der Waals surface area contributed by atoms with Gasteiger partial charge in [-0.2, -0.15) is 4.98 Å². The molecule has 2 rings (SSSR count). The summed E-state index contributed by atoms with van der Waals surface area (Å²) in [5, 5.41) is 7.44. The molecular formula is C17H29N3PRu+. The first-order valence-corrected chi connectivity index (χ1v) is 8.80. The SMILES string of the molecule is CC(C)[PH+](c1nc2ccccc2n1C)C(C)C.CC=[N-].[CH3-].[Ru+2]. The molecule has 0 unspecified atom stereocenters. The minimum absolute atomic E-state index is 0. The number of fused-ring (bicyclic) bond motifs is 1. The first kappa shape index (κ1) is 23.7. The van der Waals surface area contributed by atoms with Gasteiger partial charge in [-0.3, -0.25) is 4.57 Å². The molecule has 0 amide bonds. The van der Waals surface area contributed by atoms with Crippen molar-refractivity contribution in [3.8, 4) is 0 Å². The van der Waals surface area contributed by atoms with Crippen LogP contribution in [0.2, 0.25) is 0 Å². The summed E-state index contributed by atoms with van der Waals surface area (Å²) in [5.74, 6) is 0. The van der Waals surface area contributed by atoms with Crippen molar-refractivity contribution in [2.45, 2.75) is 45.9 Å². The van der Waals surface area contributed by atoms with Crippen molar-refractivity contribution in [1.29, 1.82) is 0 Å². The summed E-state index contributed by atoms with van der Waals surface area (Å²) < 4.78 is 2.30. The van der Waals surface area contributed by atoms with Gasteiger partial charge in [0, 0.05) is 7.05 Å². The van der Waals surface area contributed by atoms with Crippen LogP contribution in [0.15, 0.2) is 24.3 Å². The molecule has 1 heterocycles. The Morgan fingerprint density at radius 2 is 1.59 bits per heavy atom. The van der Waals surface area contributed by atoms with Gasteiger partial charge >= 0.3 is 19.5 Å². The van der Waals surface area contributed by atoms with Gasteiger partial charge < -0.3 is 12.8 Å². The van der Waals surface area contributed by atoms with E-state index in [0.717, 1.165) is 23.0 Å². The molecule has 0 atom stereocenters. The van der Waals surface area contributed by atoms with E-state index < -0.39 is 7.92 Å². The fourth-order valence-corrected chi connectivity index (χ4v) is 5.71. The molecule has 0 saturated heterocycles. The Balaban J connectivity index is 0.